The molecule has 1 fully saturated rings. The Hall–Kier alpha value is -1.24. The fraction of sp³-hybridized carbons (Fsp3) is 0.750. The van der Waals surface area contributed by atoms with E-state index in [9.17, 15) is 14.4 Å². The van der Waals surface area contributed by atoms with Crippen molar-refractivity contribution in [1.29, 1.82) is 0 Å². The number of alkyl carbamates (subject to hydrolysis) is 1. The lowest BCUT2D eigenvalue weighted by atomic mass is 10.2. The van der Waals surface area contributed by atoms with E-state index in [1.165, 1.54) is 0 Å². The molecular weight excluding hydrogens is 268 g/mol. The Balaban J connectivity index is 0.00000154. The van der Waals surface area contributed by atoms with Crippen LogP contribution in [-0.4, -0.2) is 46.6 Å². The molecule has 110 valence electrons. The summed E-state index contributed by atoms with van der Waals surface area (Å²) in [5.74, 6) is -0.0309. The van der Waals surface area contributed by atoms with Crippen LogP contribution in [0.5, 0.6) is 0 Å². The number of nitrogens with one attached hydrogen (secondary N) is 1. The van der Waals surface area contributed by atoms with Crippen LogP contribution in [0.2, 0.25) is 0 Å². The lowest BCUT2D eigenvalue weighted by Gasteiger charge is -2.20. The summed E-state index contributed by atoms with van der Waals surface area (Å²) in [4.78, 5) is 34.8. The van der Waals surface area contributed by atoms with Crippen molar-refractivity contribution in [2.24, 2.45) is 0 Å². The molecule has 1 heterocycles. The molecule has 19 heavy (non-hydrogen) atoms. The van der Waals surface area contributed by atoms with Gasteiger partial charge in [0.25, 0.3) is 5.24 Å². The van der Waals surface area contributed by atoms with Gasteiger partial charge in [0.2, 0.25) is 5.91 Å². The van der Waals surface area contributed by atoms with Crippen LogP contribution in [0.1, 0.15) is 34.6 Å². The van der Waals surface area contributed by atoms with Crippen molar-refractivity contribution in [2.75, 3.05) is 18.8 Å². The Morgan fingerprint density at radius 2 is 1.95 bits per heavy atom. The molecule has 0 spiro atoms. The van der Waals surface area contributed by atoms with Crippen LogP contribution in [-0.2, 0) is 9.53 Å². The molecule has 6 nitrogen and oxygen atoms in total. The fourth-order valence-electron chi connectivity index (χ4n) is 1.18. The third kappa shape index (κ3) is 7.05. The molecule has 1 N–H and O–H groups in total. The summed E-state index contributed by atoms with van der Waals surface area (Å²) in [5, 5.41) is 2.23. The van der Waals surface area contributed by atoms with Gasteiger partial charge in [0.05, 0.1) is 5.75 Å². The molecule has 3 amide bonds. The topological polar surface area (TPSA) is 75.7 Å². The van der Waals surface area contributed by atoms with Gasteiger partial charge in [-0.05, 0) is 20.8 Å². The first-order chi connectivity index (χ1) is 8.79. The second kappa shape index (κ2) is 8.04. The Morgan fingerprint density at radius 3 is 2.37 bits per heavy atom. The zero-order valence-corrected chi connectivity index (χ0v) is 12.9. The highest BCUT2D eigenvalue weighted by molar-refractivity contribution is 8.14. The molecule has 0 radical (unpaired) electrons. The number of amides is 3. The van der Waals surface area contributed by atoms with Gasteiger partial charge in [0, 0.05) is 13.1 Å². The number of carbonyl (C=O) groups is 3. The molecule has 1 aliphatic rings. The summed E-state index contributed by atoms with van der Waals surface area (Å²) >= 11 is 0.976. The number of nitrogens with zero attached hydrogens (tertiary/aromatic N) is 1. The smallest absolute Gasteiger partial charge is 0.407 e. The molecule has 1 rings (SSSR count). The first kappa shape index (κ1) is 17.8. The highest BCUT2D eigenvalue weighted by Gasteiger charge is 2.29. The van der Waals surface area contributed by atoms with E-state index in [0.717, 1.165) is 16.7 Å². The second-order valence-electron chi connectivity index (χ2n) is 4.53. The Labute approximate surface area is 118 Å². The van der Waals surface area contributed by atoms with Gasteiger partial charge in [-0.2, -0.15) is 0 Å². The molecule has 0 saturated carbocycles. The van der Waals surface area contributed by atoms with Crippen LogP contribution in [0.15, 0.2) is 0 Å². The Bertz CT molecular complexity index is 323. The highest BCUT2D eigenvalue weighted by atomic mass is 32.2. The third-order valence-corrected chi connectivity index (χ3v) is 2.70. The molecule has 7 heteroatoms. The van der Waals surface area contributed by atoms with Crippen molar-refractivity contribution in [1.82, 2.24) is 10.2 Å². The molecule has 0 aliphatic carbocycles. The van der Waals surface area contributed by atoms with Gasteiger partial charge in [-0.3, -0.25) is 14.5 Å². The van der Waals surface area contributed by atoms with Crippen LogP contribution >= 0.6 is 11.8 Å². The van der Waals surface area contributed by atoms with Crippen LogP contribution in [0.3, 0.4) is 0 Å². The predicted octanol–water partition coefficient (Wildman–Crippen LogP) is 2.23. The lowest BCUT2D eigenvalue weighted by Crippen LogP contribution is -2.39. The number of carbonyl (C=O) groups excluding carboxylic acids is 3. The van der Waals surface area contributed by atoms with Gasteiger partial charge in [-0.25, -0.2) is 4.79 Å². The van der Waals surface area contributed by atoms with Crippen molar-refractivity contribution >= 4 is 29.0 Å². The highest BCUT2D eigenvalue weighted by Crippen LogP contribution is 2.17. The number of thioether (sulfide) groups is 1. The van der Waals surface area contributed by atoms with Gasteiger partial charge in [0.15, 0.2) is 0 Å². The first-order valence-corrected chi connectivity index (χ1v) is 7.22. The molecular formula is C12H22N2O4S. The second-order valence-corrected chi connectivity index (χ2v) is 5.46. The quantitative estimate of drug-likeness (QED) is 0.862. The summed E-state index contributed by atoms with van der Waals surface area (Å²) < 4.78 is 5.01. The van der Waals surface area contributed by atoms with E-state index in [2.05, 4.69) is 5.32 Å². The zero-order valence-electron chi connectivity index (χ0n) is 12.1. The van der Waals surface area contributed by atoms with E-state index in [4.69, 9.17) is 4.74 Å². The van der Waals surface area contributed by atoms with Crippen LogP contribution in [0.4, 0.5) is 9.59 Å². The van der Waals surface area contributed by atoms with Gasteiger partial charge in [-0.15, -0.1) is 0 Å². The van der Waals surface area contributed by atoms with Crippen molar-refractivity contribution in [2.45, 2.75) is 40.2 Å². The average molecular weight is 290 g/mol. The maximum atomic E-state index is 11.3. The first-order valence-electron chi connectivity index (χ1n) is 6.23. The van der Waals surface area contributed by atoms with E-state index < -0.39 is 11.7 Å². The van der Waals surface area contributed by atoms with Gasteiger partial charge >= 0.3 is 6.09 Å². The number of imide groups is 1. The minimum absolute atomic E-state index is 0.184. The Kier molecular flexibility index (Phi) is 7.51. The molecule has 1 aliphatic heterocycles. The summed E-state index contributed by atoms with van der Waals surface area (Å²) in [6.45, 7) is 9.67. The Morgan fingerprint density at radius 1 is 1.37 bits per heavy atom. The number of ether oxygens (including phenoxy) is 1. The van der Waals surface area contributed by atoms with E-state index >= 15 is 0 Å². The minimum atomic E-state index is -0.556. The summed E-state index contributed by atoms with van der Waals surface area (Å²) in [5.41, 5.74) is -0.556. The van der Waals surface area contributed by atoms with Gasteiger partial charge < -0.3 is 10.1 Å². The zero-order chi connectivity index (χ0) is 15.1. The fourth-order valence-corrected chi connectivity index (χ4v) is 1.93. The normalized spacial score (nSPS) is 14.9. The van der Waals surface area contributed by atoms with Crippen LogP contribution < -0.4 is 5.32 Å². The van der Waals surface area contributed by atoms with Crippen LogP contribution in [0.25, 0.3) is 0 Å². The van der Waals surface area contributed by atoms with Crippen molar-refractivity contribution in [3.63, 3.8) is 0 Å². The van der Waals surface area contributed by atoms with Crippen molar-refractivity contribution < 1.29 is 19.1 Å². The summed E-state index contributed by atoms with van der Waals surface area (Å²) in [6, 6.07) is 0. The molecule has 1 saturated heterocycles. The monoisotopic (exact) mass is 290 g/mol. The average Bonchev–Trinajstić information content (AvgIpc) is 2.61. The molecule has 0 bridgehead atoms. The SMILES string of the molecule is CC.CC(C)(C)OC(=O)NCCN1C(=O)CSC1=O. The summed E-state index contributed by atoms with van der Waals surface area (Å²) in [6.07, 6.45) is -0.552. The van der Waals surface area contributed by atoms with Gasteiger partial charge in [0.1, 0.15) is 5.60 Å². The minimum Gasteiger partial charge on any atom is -0.444 e. The maximum Gasteiger partial charge on any atom is 0.407 e. The van der Waals surface area contributed by atoms with Crippen LogP contribution in [0, 0.1) is 0 Å². The lowest BCUT2D eigenvalue weighted by molar-refractivity contribution is -0.124. The van der Waals surface area contributed by atoms with E-state index in [1.54, 1.807) is 20.8 Å². The van der Waals surface area contributed by atoms with E-state index in [-0.39, 0.29) is 30.0 Å². The van der Waals surface area contributed by atoms with Crippen molar-refractivity contribution in [3.05, 3.63) is 0 Å². The predicted molar refractivity (Wildman–Crippen MR) is 75.2 cm³/mol. The third-order valence-electron chi connectivity index (χ3n) is 1.84. The molecule has 0 aromatic carbocycles. The molecule has 0 atom stereocenters. The molecule has 0 aromatic heterocycles. The largest absolute Gasteiger partial charge is 0.444 e. The molecule has 0 aromatic rings. The summed E-state index contributed by atoms with van der Waals surface area (Å²) in [7, 11) is 0. The van der Waals surface area contributed by atoms with E-state index in [1.807, 2.05) is 13.8 Å². The standard InChI is InChI=1S/C10H16N2O4S.C2H6/c1-10(2,3)16-8(14)11-4-5-12-7(13)6-17-9(12)15;1-2/h4-6H2,1-3H3,(H,11,14);1-2H3. The molecule has 0 unspecified atom stereocenters. The van der Waals surface area contributed by atoms with Gasteiger partial charge in [-0.1, -0.05) is 25.6 Å². The number of hydrogen-bond donors (Lipinski definition) is 1. The maximum absolute atomic E-state index is 11.3. The number of hydrogen-bond acceptors (Lipinski definition) is 5. The van der Waals surface area contributed by atoms with Crippen molar-refractivity contribution in [3.8, 4) is 0 Å². The van der Waals surface area contributed by atoms with E-state index in [0.29, 0.717) is 0 Å². The number of rotatable bonds is 3.